The van der Waals surface area contributed by atoms with Crippen molar-refractivity contribution in [1.82, 2.24) is 5.32 Å². The molecule has 7 heteroatoms. The predicted molar refractivity (Wildman–Crippen MR) is 103 cm³/mol. The van der Waals surface area contributed by atoms with Crippen LogP contribution in [0.25, 0.3) is 0 Å². The van der Waals surface area contributed by atoms with Crippen LogP contribution in [0.15, 0.2) is 24.3 Å². The van der Waals surface area contributed by atoms with Crippen LogP contribution < -0.4 is 15.5 Å². The second-order valence-corrected chi connectivity index (χ2v) is 6.28. The van der Waals surface area contributed by atoms with Gasteiger partial charge in [-0.05, 0) is 44.4 Å². The van der Waals surface area contributed by atoms with Crippen molar-refractivity contribution in [2.75, 3.05) is 29.9 Å². The first-order valence-electron chi connectivity index (χ1n) is 8.27. The molecule has 3 rings (SSSR count). The average Bonchev–Trinajstić information content (AvgIpc) is 3.01. The van der Waals surface area contributed by atoms with Gasteiger partial charge >= 0.3 is 0 Å². The Labute approximate surface area is 156 Å². The van der Waals surface area contributed by atoms with Crippen LogP contribution in [-0.4, -0.2) is 42.8 Å². The van der Waals surface area contributed by atoms with Crippen LogP contribution in [0.1, 0.15) is 32.1 Å². The molecule has 0 radical (unpaired) electrons. The molecular formula is C17H27Cl2N3O2. The third-order valence-electron chi connectivity index (χ3n) is 4.58. The molecular weight excluding hydrogens is 349 g/mol. The zero-order chi connectivity index (χ0) is 15.4. The summed E-state index contributed by atoms with van der Waals surface area (Å²) in [7, 11) is 0. The molecule has 2 saturated heterocycles. The highest BCUT2D eigenvalue weighted by Crippen LogP contribution is 2.28. The van der Waals surface area contributed by atoms with Gasteiger partial charge in [0, 0.05) is 25.6 Å². The summed E-state index contributed by atoms with van der Waals surface area (Å²) in [5.41, 5.74) is 1.93. The van der Waals surface area contributed by atoms with Crippen LogP contribution in [0, 0.1) is 0 Å². The fourth-order valence-electron chi connectivity index (χ4n) is 3.32. The number of hydrogen-bond acceptors (Lipinski definition) is 4. The van der Waals surface area contributed by atoms with E-state index in [0.29, 0.717) is 12.5 Å². The largest absolute Gasteiger partial charge is 0.393 e. The highest BCUT2D eigenvalue weighted by molar-refractivity contribution is 5.94. The molecule has 1 atom stereocenters. The first-order chi connectivity index (χ1) is 10.7. The molecule has 24 heavy (non-hydrogen) atoms. The average molecular weight is 376 g/mol. The van der Waals surface area contributed by atoms with Gasteiger partial charge in [-0.2, -0.15) is 0 Å². The van der Waals surface area contributed by atoms with E-state index in [1.54, 1.807) is 0 Å². The summed E-state index contributed by atoms with van der Waals surface area (Å²) in [5.74, 6) is 0.0731. The zero-order valence-corrected chi connectivity index (χ0v) is 15.4. The lowest BCUT2D eigenvalue weighted by Gasteiger charge is -2.32. The summed E-state index contributed by atoms with van der Waals surface area (Å²) in [6.07, 6.45) is 4.16. The van der Waals surface area contributed by atoms with E-state index >= 15 is 0 Å². The number of halogens is 2. The Balaban J connectivity index is 0.00000144. The molecule has 0 bridgehead atoms. The first-order valence-corrected chi connectivity index (χ1v) is 8.27. The minimum atomic E-state index is -0.188. The fraction of sp³-hybridized carbons (Fsp3) is 0.588. The normalized spacial score (nSPS) is 20.9. The topological polar surface area (TPSA) is 64.6 Å². The maximum Gasteiger partial charge on any atom is 0.225 e. The van der Waals surface area contributed by atoms with Crippen LogP contribution in [0.3, 0.4) is 0 Å². The van der Waals surface area contributed by atoms with E-state index < -0.39 is 0 Å². The molecule has 2 aliphatic heterocycles. The molecule has 2 heterocycles. The Hall–Kier alpha value is -1.01. The monoisotopic (exact) mass is 375 g/mol. The third kappa shape index (κ3) is 5.52. The van der Waals surface area contributed by atoms with Gasteiger partial charge in [0.1, 0.15) is 0 Å². The molecule has 1 amide bonds. The first kappa shape index (κ1) is 21.0. The number of piperidine rings is 1. The molecule has 2 aliphatic rings. The van der Waals surface area contributed by atoms with E-state index in [-0.39, 0.29) is 36.8 Å². The van der Waals surface area contributed by atoms with Gasteiger partial charge in [-0.3, -0.25) is 4.79 Å². The third-order valence-corrected chi connectivity index (χ3v) is 4.58. The standard InChI is InChI=1S/C17H25N3O2.2ClH/c21-14-7-10-20(11-8-14)16-6-2-1-5-15(16)19-17(22)12-13-4-3-9-18-13;;/h1-2,5-6,13-14,18,21H,3-4,7-12H2,(H,19,22);2*1H. The van der Waals surface area contributed by atoms with Gasteiger partial charge in [-0.1, -0.05) is 12.1 Å². The SMILES string of the molecule is Cl.Cl.O=C(CC1CCCN1)Nc1ccccc1N1CCC(O)CC1. The van der Waals surface area contributed by atoms with Crippen LogP contribution >= 0.6 is 24.8 Å². The highest BCUT2D eigenvalue weighted by atomic mass is 35.5. The van der Waals surface area contributed by atoms with Crippen molar-refractivity contribution >= 4 is 42.1 Å². The smallest absolute Gasteiger partial charge is 0.225 e. The molecule has 5 nitrogen and oxygen atoms in total. The van der Waals surface area contributed by atoms with Crippen molar-refractivity contribution in [1.29, 1.82) is 0 Å². The Morgan fingerprint density at radius 2 is 1.92 bits per heavy atom. The molecule has 0 spiro atoms. The van der Waals surface area contributed by atoms with Crippen molar-refractivity contribution < 1.29 is 9.90 Å². The van der Waals surface area contributed by atoms with Crippen LogP contribution in [0.4, 0.5) is 11.4 Å². The lowest BCUT2D eigenvalue weighted by atomic mass is 10.1. The Bertz CT molecular complexity index is 516. The van der Waals surface area contributed by atoms with Crippen molar-refractivity contribution in [3.05, 3.63) is 24.3 Å². The summed E-state index contributed by atoms with van der Waals surface area (Å²) in [6, 6.07) is 8.26. The minimum Gasteiger partial charge on any atom is -0.393 e. The predicted octanol–water partition coefficient (Wildman–Crippen LogP) is 2.57. The summed E-state index contributed by atoms with van der Waals surface area (Å²) < 4.78 is 0. The van der Waals surface area contributed by atoms with Gasteiger partial charge in [-0.25, -0.2) is 0 Å². The van der Waals surface area contributed by atoms with Crippen LogP contribution in [0.2, 0.25) is 0 Å². The second-order valence-electron chi connectivity index (χ2n) is 6.28. The Morgan fingerprint density at radius 3 is 2.58 bits per heavy atom. The minimum absolute atomic E-state index is 0. The number of carbonyl (C=O) groups excluding carboxylic acids is 1. The molecule has 1 aromatic rings. The molecule has 0 saturated carbocycles. The maximum atomic E-state index is 12.2. The number of para-hydroxylation sites is 2. The van der Waals surface area contributed by atoms with Crippen molar-refractivity contribution in [3.63, 3.8) is 0 Å². The number of hydrogen-bond donors (Lipinski definition) is 3. The number of benzene rings is 1. The quantitative estimate of drug-likeness (QED) is 0.756. The molecule has 1 aromatic carbocycles. The van der Waals surface area contributed by atoms with Gasteiger partial charge in [0.25, 0.3) is 0 Å². The number of aliphatic hydroxyl groups is 1. The Morgan fingerprint density at radius 1 is 1.21 bits per heavy atom. The number of nitrogens with zero attached hydrogens (tertiary/aromatic N) is 1. The number of amides is 1. The summed E-state index contributed by atoms with van der Waals surface area (Å²) in [6.45, 7) is 2.68. The fourth-order valence-corrected chi connectivity index (χ4v) is 3.32. The van der Waals surface area contributed by atoms with E-state index in [1.807, 2.05) is 24.3 Å². The molecule has 1 unspecified atom stereocenters. The summed E-state index contributed by atoms with van der Waals surface area (Å²) in [5, 5.41) is 16.1. The number of nitrogens with one attached hydrogen (secondary N) is 2. The number of carbonyl (C=O) groups is 1. The second kappa shape index (κ2) is 10.1. The van der Waals surface area contributed by atoms with E-state index in [2.05, 4.69) is 15.5 Å². The van der Waals surface area contributed by atoms with Gasteiger partial charge < -0.3 is 20.6 Å². The van der Waals surface area contributed by atoms with E-state index in [0.717, 1.165) is 56.7 Å². The van der Waals surface area contributed by atoms with Gasteiger partial charge in [0.2, 0.25) is 5.91 Å². The number of rotatable bonds is 4. The highest BCUT2D eigenvalue weighted by Gasteiger charge is 2.21. The number of aliphatic hydroxyl groups excluding tert-OH is 1. The Kier molecular flexibility index (Phi) is 8.84. The van der Waals surface area contributed by atoms with Crippen LogP contribution in [0.5, 0.6) is 0 Å². The van der Waals surface area contributed by atoms with Gasteiger partial charge in [0.15, 0.2) is 0 Å². The van der Waals surface area contributed by atoms with E-state index in [4.69, 9.17) is 0 Å². The van der Waals surface area contributed by atoms with Gasteiger partial charge in [0.05, 0.1) is 17.5 Å². The number of anilines is 2. The summed E-state index contributed by atoms with van der Waals surface area (Å²) >= 11 is 0. The summed E-state index contributed by atoms with van der Waals surface area (Å²) in [4.78, 5) is 14.5. The molecule has 0 aliphatic carbocycles. The van der Waals surface area contributed by atoms with E-state index in [1.165, 1.54) is 0 Å². The van der Waals surface area contributed by atoms with Gasteiger partial charge in [-0.15, -0.1) is 24.8 Å². The molecule has 2 fully saturated rings. The molecule has 136 valence electrons. The maximum absolute atomic E-state index is 12.2. The zero-order valence-electron chi connectivity index (χ0n) is 13.7. The molecule has 0 aromatic heterocycles. The van der Waals surface area contributed by atoms with Crippen LogP contribution in [-0.2, 0) is 4.79 Å². The lowest BCUT2D eigenvalue weighted by Crippen LogP contribution is -2.36. The molecule has 3 N–H and O–H groups in total. The van der Waals surface area contributed by atoms with Crippen molar-refractivity contribution in [2.24, 2.45) is 0 Å². The van der Waals surface area contributed by atoms with Crippen molar-refractivity contribution in [2.45, 2.75) is 44.2 Å². The lowest BCUT2D eigenvalue weighted by molar-refractivity contribution is -0.116. The van der Waals surface area contributed by atoms with Crippen molar-refractivity contribution in [3.8, 4) is 0 Å². The van der Waals surface area contributed by atoms with E-state index in [9.17, 15) is 9.90 Å².